The SMILES string of the molecule is CN=C(NCc1c(C)nn(Cc2ccccc2)c1C)NCC1CC1. The smallest absolute Gasteiger partial charge is 0.191 e. The zero-order chi connectivity index (χ0) is 16.9. The first kappa shape index (κ1) is 16.6. The van der Waals surface area contributed by atoms with Crippen LogP contribution in [-0.4, -0.2) is 29.3 Å². The fourth-order valence-electron chi connectivity index (χ4n) is 2.86. The molecule has 1 aromatic carbocycles. The minimum atomic E-state index is 0.747. The van der Waals surface area contributed by atoms with Gasteiger partial charge in [-0.1, -0.05) is 30.3 Å². The Kier molecular flexibility index (Phi) is 5.18. The number of hydrogen-bond acceptors (Lipinski definition) is 2. The van der Waals surface area contributed by atoms with Crippen molar-refractivity contribution in [1.82, 2.24) is 20.4 Å². The van der Waals surface area contributed by atoms with Crippen LogP contribution in [0.1, 0.15) is 35.4 Å². The Labute approximate surface area is 144 Å². The molecule has 128 valence electrons. The second-order valence-corrected chi connectivity index (χ2v) is 6.54. The van der Waals surface area contributed by atoms with Gasteiger partial charge in [-0.3, -0.25) is 9.67 Å². The first-order valence-corrected chi connectivity index (χ1v) is 8.68. The fraction of sp³-hybridized carbons (Fsp3) is 0.474. The molecule has 2 N–H and O–H groups in total. The first-order valence-electron chi connectivity index (χ1n) is 8.68. The van der Waals surface area contributed by atoms with Gasteiger partial charge in [-0.2, -0.15) is 5.10 Å². The summed E-state index contributed by atoms with van der Waals surface area (Å²) >= 11 is 0. The van der Waals surface area contributed by atoms with Crippen LogP contribution < -0.4 is 10.6 Å². The highest BCUT2D eigenvalue weighted by molar-refractivity contribution is 5.79. The van der Waals surface area contributed by atoms with Gasteiger partial charge in [0.15, 0.2) is 5.96 Å². The largest absolute Gasteiger partial charge is 0.356 e. The average molecular weight is 325 g/mol. The maximum absolute atomic E-state index is 4.71. The highest BCUT2D eigenvalue weighted by atomic mass is 15.3. The zero-order valence-electron chi connectivity index (χ0n) is 14.8. The van der Waals surface area contributed by atoms with E-state index in [0.717, 1.165) is 37.2 Å². The van der Waals surface area contributed by atoms with Crippen LogP contribution in [0.2, 0.25) is 0 Å². The molecule has 1 aromatic heterocycles. The third-order valence-electron chi connectivity index (χ3n) is 4.62. The van der Waals surface area contributed by atoms with Crippen LogP contribution in [0.3, 0.4) is 0 Å². The molecule has 0 spiro atoms. The molecule has 0 radical (unpaired) electrons. The van der Waals surface area contributed by atoms with Gasteiger partial charge in [0.2, 0.25) is 0 Å². The van der Waals surface area contributed by atoms with Crippen molar-refractivity contribution in [3.8, 4) is 0 Å². The van der Waals surface area contributed by atoms with E-state index in [1.807, 2.05) is 13.1 Å². The van der Waals surface area contributed by atoms with Crippen LogP contribution in [0.25, 0.3) is 0 Å². The van der Waals surface area contributed by atoms with E-state index < -0.39 is 0 Å². The van der Waals surface area contributed by atoms with Crippen LogP contribution >= 0.6 is 0 Å². The number of hydrogen-bond donors (Lipinski definition) is 2. The van der Waals surface area contributed by atoms with E-state index in [1.165, 1.54) is 29.7 Å². The molecule has 5 nitrogen and oxygen atoms in total. The van der Waals surface area contributed by atoms with Crippen molar-refractivity contribution in [3.05, 3.63) is 52.8 Å². The summed E-state index contributed by atoms with van der Waals surface area (Å²) in [6.07, 6.45) is 2.68. The Hall–Kier alpha value is -2.30. The molecule has 0 atom stereocenters. The quantitative estimate of drug-likeness (QED) is 0.634. The van der Waals surface area contributed by atoms with Crippen molar-refractivity contribution < 1.29 is 0 Å². The molecule has 0 unspecified atom stereocenters. The van der Waals surface area contributed by atoms with Gasteiger partial charge in [0.25, 0.3) is 0 Å². The molecule has 3 rings (SSSR count). The Morgan fingerprint density at radius 2 is 1.96 bits per heavy atom. The third kappa shape index (κ3) is 4.16. The Bertz CT molecular complexity index is 698. The summed E-state index contributed by atoms with van der Waals surface area (Å²) in [6.45, 7) is 6.79. The topological polar surface area (TPSA) is 54.2 Å². The summed E-state index contributed by atoms with van der Waals surface area (Å²) in [5, 5.41) is 11.5. The van der Waals surface area contributed by atoms with Gasteiger partial charge >= 0.3 is 0 Å². The van der Waals surface area contributed by atoms with E-state index in [2.05, 4.69) is 58.4 Å². The summed E-state index contributed by atoms with van der Waals surface area (Å²) in [7, 11) is 1.82. The number of aromatic nitrogens is 2. The van der Waals surface area contributed by atoms with Gasteiger partial charge in [-0.15, -0.1) is 0 Å². The van der Waals surface area contributed by atoms with E-state index in [1.54, 1.807) is 0 Å². The maximum Gasteiger partial charge on any atom is 0.191 e. The number of benzene rings is 1. The molecule has 1 saturated carbocycles. The molecule has 5 heteroatoms. The second kappa shape index (κ2) is 7.51. The number of nitrogens with one attached hydrogen (secondary N) is 2. The second-order valence-electron chi connectivity index (χ2n) is 6.54. The van der Waals surface area contributed by atoms with Crippen molar-refractivity contribution >= 4 is 5.96 Å². The van der Waals surface area contributed by atoms with Crippen LogP contribution in [0, 0.1) is 19.8 Å². The predicted octanol–water partition coefficient (Wildman–Crippen LogP) is 2.62. The standard InChI is InChI=1S/C19H27N5/c1-14-18(12-22-19(20-3)21-11-16-9-10-16)15(2)24(23-14)13-17-7-5-4-6-8-17/h4-8,16H,9-13H2,1-3H3,(H2,20,21,22). The van der Waals surface area contributed by atoms with E-state index in [9.17, 15) is 0 Å². The number of rotatable bonds is 6. The summed E-state index contributed by atoms with van der Waals surface area (Å²) in [6, 6.07) is 10.5. The molecule has 0 aliphatic heterocycles. The number of nitrogens with zero attached hydrogens (tertiary/aromatic N) is 3. The van der Waals surface area contributed by atoms with Crippen LogP contribution in [0.5, 0.6) is 0 Å². The minimum absolute atomic E-state index is 0.747. The van der Waals surface area contributed by atoms with Crippen molar-refractivity contribution in [3.63, 3.8) is 0 Å². The van der Waals surface area contributed by atoms with Gasteiger partial charge in [0.1, 0.15) is 0 Å². The lowest BCUT2D eigenvalue weighted by molar-refractivity contribution is 0.657. The summed E-state index contributed by atoms with van der Waals surface area (Å²) in [4.78, 5) is 4.30. The molecule has 0 amide bonds. The van der Waals surface area contributed by atoms with Crippen LogP contribution in [0.15, 0.2) is 35.3 Å². The molecule has 0 saturated heterocycles. The Balaban J connectivity index is 1.62. The zero-order valence-corrected chi connectivity index (χ0v) is 14.8. The van der Waals surface area contributed by atoms with Crippen LogP contribution in [-0.2, 0) is 13.1 Å². The van der Waals surface area contributed by atoms with E-state index in [4.69, 9.17) is 5.10 Å². The fourth-order valence-corrected chi connectivity index (χ4v) is 2.86. The molecule has 1 aliphatic rings. The molecular weight excluding hydrogens is 298 g/mol. The molecule has 24 heavy (non-hydrogen) atoms. The van der Waals surface area contributed by atoms with Gasteiger partial charge in [0, 0.05) is 31.4 Å². The van der Waals surface area contributed by atoms with Crippen molar-refractivity contribution in [2.45, 2.75) is 39.8 Å². The monoisotopic (exact) mass is 325 g/mol. The van der Waals surface area contributed by atoms with E-state index >= 15 is 0 Å². The maximum atomic E-state index is 4.71. The molecule has 1 aliphatic carbocycles. The third-order valence-corrected chi connectivity index (χ3v) is 4.62. The van der Waals surface area contributed by atoms with Crippen molar-refractivity contribution in [2.75, 3.05) is 13.6 Å². The number of aliphatic imine (C=N–C) groups is 1. The predicted molar refractivity (Wildman–Crippen MR) is 98.2 cm³/mol. The lowest BCUT2D eigenvalue weighted by Crippen LogP contribution is -2.38. The lowest BCUT2D eigenvalue weighted by atomic mass is 10.2. The van der Waals surface area contributed by atoms with Crippen molar-refractivity contribution in [1.29, 1.82) is 0 Å². The van der Waals surface area contributed by atoms with E-state index in [0.29, 0.717) is 0 Å². The van der Waals surface area contributed by atoms with Gasteiger partial charge in [-0.25, -0.2) is 0 Å². The highest BCUT2D eigenvalue weighted by Gasteiger charge is 2.21. The first-order chi connectivity index (χ1) is 11.7. The number of aryl methyl sites for hydroxylation is 1. The summed E-state index contributed by atoms with van der Waals surface area (Å²) in [5.41, 5.74) is 4.81. The van der Waals surface area contributed by atoms with Gasteiger partial charge in [0.05, 0.1) is 12.2 Å². The highest BCUT2D eigenvalue weighted by Crippen LogP contribution is 2.27. The average Bonchev–Trinajstić information content (AvgIpc) is 3.38. The van der Waals surface area contributed by atoms with Crippen molar-refractivity contribution in [2.24, 2.45) is 10.9 Å². The molecule has 1 fully saturated rings. The summed E-state index contributed by atoms with van der Waals surface area (Å²) < 4.78 is 2.09. The molecule has 0 bridgehead atoms. The normalized spacial score (nSPS) is 14.7. The van der Waals surface area contributed by atoms with Gasteiger partial charge < -0.3 is 10.6 Å². The van der Waals surface area contributed by atoms with Crippen LogP contribution in [0.4, 0.5) is 0 Å². The minimum Gasteiger partial charge on any atom is -0.356 e. The number of guanidine groups is 1. The molecule has 2 aromatic rings. The molecule has 1 heterocycles. The Morgan fingerprint density at radius 1 is 1.21 bits per heavy atom. The Morgan fingerprint density at radius 3 is 2.62 bits per heavy atom. The molecular formula is C19H27N5. The lowest BCUT2D eigenvalue weighted by Gasteiger charge is -2.12. The summed E-state index contributed by atoms with van der Waals surface area (Å²) in [5.74, 6) is 1.71. The van der Waals surface area contributed by atoms with E-state index in [-0.39, 0.29) is 0 Å². The van der Waals surface area contributed by atoms with Gasteiger partial charge in [-0.05, 0) is 38.2 Å².